The Kier molecular flexibility index (Phi) is 4.36. The molecule has 0 aliphatic rings. The fraction of sp³-hybridized carbons (Fsp3) is 0.231. The number of hydrogen-bond acceptors (Lipinski definition) is 3. The molecule has 0 spiro atoms. The number of carbonyl (C=O) groups excluding carboxylic acids is 1. The maximum atomic E-state index is 13.2. The molecule has 0 unspecified atom stereocenters. The van der Waals surface area contributed by atoms with E-state index in [0.717, 1.165) is 6.20 Å². The van der Waals surface area contributed by atoms with Crippen LogP contribution in [0.2, 0.25) is 0 Å². The first-order valence-electron chi connectivity index (χ1n) is 5.93. The standard InChI is InChI=1S/C13H10BrF3N2O2/c1-2-21-12(20)10-7-18-19(11(10)13(15,16)17)9-5-3-4-8(14)6-9/h3-7H,2H2,1H3. The lowest BCUT2D eigenvalue weighted by Gasteiger charge is -2.12. The second kappa shape index (κ2) is 5.88. The molecule has 8 heteroatoms. The van der Waals surface area contributed by atoms with Crippen LogP contribution in [0.3, 0.4) is 0 Å². The monoisotopic (exact) mass is 362 g/mol. The molecule has 1 aromatic heterocycles. The molecule has 0 saturated heterocycles. The largest absolute Gasteiger partial charge is 0.462 e. The third-order valence-electron chi connectivity index (χ3n) is 2.59. The fourth-order valence-corrected chi connectivity index (χ4v) is 2.17. The maximum absolute atomic E-state index is 13.2. The predicted octanol–water partition coefficient (Wildman–Crippen LogP) is 3.83. The van der Waals surface area contributed by atoms with E-state index in [4.69, 9.17) is 0 Å². The Morgan fingerprint density at radius 1 is 1.43 bits per heavy atom. The van der Waals surface area contributed by atoms with Crippen LogP contribution in [0.25, 0.3) is 5.69 Å². The van der Waals surface area contributed by atoms with Gasteiger partial charge in [-0.1, -0.05) is 22.0 Å². The lowest BCUT2D eigenvalue weighted by atomic mass is 10.2. The lowest BCUT2D eigenvalue weighted by molar-refractivity contribution is -0.143. The molecular weight excluding hydrogens is 353 g/mol. The topological polar surface area (TPSA) is 44.1 Å². The minimum atomic E-state index is -4.74. The molecule has 0 bridgehead atoms. The Morgan fingerprint density at radius 2 is 2.14 bits per heavy atom. The Labute approximate surface area is 126 Å². The van der Waals surface area contributed by atoms with Crippen LogP contribution in [-0.2, 0) is 10.9 Å². The fourth-order valence-electron chi connectivity index (χ4n) is 1.78. The van der Waals surface area contributed by atoms with Gasteiger partial charge in [-0.2, -0.15) is 18.3 Å². The summed E-state index contributed by atoms with van der Waals surface area (Å²) in [6, 6.07) is 6.18. The normalized spacial score (nSPS) is 11.5. The molecule has 0 saturated carbocycles. The van der Waals surface area contributed by atoms with Crippen molar-refractivity contribution < 1.29 is 22.7 Å². The van der Waals surface area contributed by atoms with Crippen LogP contribution in [0.15, 0.2) is 34.9 Å². The highest BCUT2D eigenvalue weighted by Crippen LogP contribution is 2.34. The number of alkyl halides is 3. The summed E-state index contributed by atoms with van der Waals surface area (Å²) in [6.45, 7) is 1.50. The van der Waals surface area contributed by atoms with Gasteiger partial charge in [-0.25, -0.2) is 9.48 Å². The van der Waals surface area contributed by atoms with Gasteiger partial charge in [-0.15, -0.1) is 0 Å². The van der Waals surface area contributed by atoms with E-state index in [0.29, 0.717) is 9.15 Å². The van der Waals surface area contributed by atoms with Crippen molar-refractivity contribution in [2.24, 2.45) is 0 Å². The molecule has 0 aliphatic carbocycles. The quantitative estimate of drug-likeness (QED) is 0.779. The molecule has 1 heterocycles. The molecule has 4 nitrogen and oxygen atoms in total. The van der Waals surface area contributed by atoms with Gasteiger partial charge in [0.25, 0.3) is 0 Å². The zero-order valence-corrected chi connectivity index (χ0v) is 12.4. The number of hydrogen-bond donors (Lipinski definition) is 0. The summed E-state index contributed by atoms with van der Waals surface area (Å²) in [5.41, 5.74) is -1.57. The summed E-state index contributed by atoms with van der Waals surface area (Å²) in [5, 5.41) is 3.67. The van der Waals surface area contributed by atoms with E-state index in [2.05, 4.69) is 25.8 Å². The van der Waals surface area contributed by atoms with Gasteiger partial charge in [0.2, 0.25) is 0 Å². The first-order chi connectivity index (χ1) is 9.84. The van der Waals surface area contributed by atoms with Crippen LogP contribution in [0.1, 0.15) is 23.0 Å². The predicted molar refractivity (Wildman–Crippen MR) is 72.2 cm³/mol. The number of esters is 1. The zero-order valence-electron chi connectivity index (χ0n) is 10.8. The molecular formula is C13H10BrF3N2O2. The molecule has 0 radical (unpaired) electrons. The van der Waals surface area contributed by atoms with Crippen molar-refractivity contribution in [3.8, 4) is 5.69 Å². The Hall–Kier alpha value is -1.83. The van der Waals surface area contributed by atoms with Gasteiger partial charge in [0, 0.05) is 4.47 Å². The van der Waals surface area contributed by atoms with E-state index in [-0.39, 0.29) is 12.3 Å². The van der Waals surface area contributed by atoms with Gasteiger partial charge < -0.3 is 4.74 Å². The zero-order chi connectivity index (χ0) is 15.6. The Balaban J connectivity index is 2.60. The summed E-state index contributed by atoms with van der Waals surface area (Å²) in [7, 11) is 0. The van der Waals surface area contributed by atoms with Crippen LogP contribution >= 0.6 is 15.9 Å². The van der Waals surface area contributed by atoms with Crippen LogP contribution in [-0.4, -0.2) is 22.4 Å². The van der Waals surface area contributed by atoms with Gasteiger partial charge in [0.1, 0.15) is 5.56 Å². The van der Waals surface area contributed by atoms with Crippen molar-refractivity contribution in [1.29, 1.82) is 0 Å². The van der Waals surface area contributed by atoms with Crippen molar-refractivity contribution in [2.75, 3.05) is 6.61 Å². The third kappa shape index (κ3) is 3.26. The summed E-state index contributed by atoms with van der Waals surface area (Å²) < 4.78 is 45.7. The van der Waals surface area contributed by atoms with E-state index in [1.807, 2.05) is 0 Å². The minimum absolute atomic E-state index is 0.0157. The second-order valence-corrected chi connectivity index (χ2v) is 4.93. The number of aromatic nitrogens is 2. The molecule has 21 heavy (non-hydrogen) atoms. The summed E-state index contributed by atoms with van der Waals surface area (Å²) in [5.74, 6) is -1.05. The Morgan fingerprint density at radius 3 is 2.71 bits per heavy atom. The average molecular weight is 363 g/mol. The van der Waals surface area contributed by atoms with Crippen LogP contribution in [0.5, 0.6) is 0 Å². The van der Waals surface area contributed by atoms with Crippen LogP contribution in [0.4, 0.5) is 13.2 Å². The maximum Gasteiger partial charge on any atom is 0.434 e. The van der Waals surface area contributed by atoms with Crippen molar-refractivity contribution in [1.82, 2.24) is 9.78 Å². The molecule has 0 atom stereocenters. The summed E-state index contributed by atoms with van der Waals surface area (Å²) in [6.07, 6.45) is -3.87. The number of rotatable bonds is 3. The molecule has 0 aliphatic heterocycles. The summed E-state index contributed by atoms with van der Waals surface area (Å²) >= 11 is 3.18. The minimum Gasteiger partial charge on any atom is -0.462 e. The highest BCUT2D eigenvalue weighted by molar-refractivity contribution is 9.10. The Bertz CT molecular complexity index is 668. The number of benzene rings is 1. The highest BCUT2D eigenvalue weighted by Gasteiger charge is 2.41. The van der Waals surface area contributed by atoms with E-state index in [1.165, 1.54) is 19.1 Å². The van der Waals surface area contributed by atoms with Gasteiger partial charge in [-0.05, 0) is 25.1 Å². The van der Waals surface area contributed by atoms with Crippen molar-refractivity contribution in [3.05, 3.63) is 46.2 Å². The van der Waals surface area contributed by atoms with E-state index in [1.54, 1.807) is 12.1 Å². The molecule has 2 aromatic rings. The van der Waals surface area contributed by atoms with Gasteiger partial charge in [0.05, 0.1) is 18.5 Å². The first-order valence-corrected chi connectivity index (χ1v) is 6.72. The summed E-state index contributed by atoms with van der Waals surface area (Å²) in [4.78, 5) is 11.6. The molecule has 1 aromatic carbocycles. The highest BCUT2D eigenvalue weighted by atomic mass is 79.9. The second-order valence-electron chi connectivity index (χ2n) is 4.02. The van der Waals surface area contributed by atoms with Gasteiger partial charge >= 0.3 is 12.1 Å². The SMILES string of the molecule is CCOC(=O)c1cnn(-c2cccc(Br)c2)c1C(F)(F)F. The van der Waals surface area contributed by atoms with E-state index in [9.17, 15) is 18.0 Å². The number of halogens is 4. The molecule has 112 valence electrons. The molecule has 2 rings (SSSR count). The molecule has 0 amide bonds. The number of ether oxygens (including phenoxy) is 1. The molecule has 0 N–H and O–H groups in total. The number of carbonyl (C=O) groups is 1. The van der Waals surface area contributed by atoms with Crippen molar-refractivity contribution >= 4 is 21.9 Å². The van der Waals surface area contributed by atoms with Gasteiger partial charge in [-0.3, -0.25) is 0 Å². The van der Waals surface area contributed by atoms with E-state index < -0.39 is 23.4 Å². The van der Waals surface area contributed by atoms with Crippen molar-refractivity contribution in [2.45, 2.75) is 13.1 Å². The third-order valence-corrected chi connectivity index (χ3v) is 3.08. The molecule has 0 fully saturated rings. The van der Waals surface area contributed by atoms with E-state index >= 15 is 0 Å². The van der Waals surface area contributed by atoms with Gasteiger partial charge in [0.15, 0.2) is 5.69 Å². The van der Waals surface area contributed by atoms with Crippen LogP contribution in [0, 0.1) is 0 Å². The lowest BCUT2D eigenvalue weighted by Crippen LogP contribution is -2.18. The average Bonchev–Trinajstić information content (AvgIpc) is 2.83. The first kappa shape index (κ1) is 15.6. The van der Waals surface area contributed by atoms with Crippen molar-refractivity contribution in [3.63, 3.8) is 0 Å². The number of nitrogens with zero attached hydrogens (tertiary/aromatic N) is 2. The van der Waals surface area contributed by atoms with Crippen LogP contribution < -0.4 is 0 Å². The smallest absolute Gasteiger partial charge is 0.434 e.